The van der Waals surface area contributed by atoms with E-state index in [-0.39, 0.29) is 0 Å². The minimum atomic E-state index is 0.389. The van der Waals surface area contributed by atoms with E-state index in [1.165, 1.54) is 0 Å². The second-order valence-corrected chi connectivity index (χ2v) is 4.83. The molecule has 2 aromatic carbocycles. The van der Waals surface area contributed by atoms with Crippen molar-refractivity contribution in [3.05, 3.63) is 52.0 Å². The van der Waals surface area contributed by atoms with E-state index in [0.29, 0.717) is 5.75 Å². The van der Waals surface area contributed by atoms with Crippen LogP contribution in [0.1, 0.15) is 11.1 Å². The zero-order valence-electron chi connectivity index (χ0n) is 9.29. The van der Waals surface area contributed by atoms with Gasteiger partial charge in [-0.2, -0.15) is 0 Å². The molecule has 0 aromatic heterocycles. The van der Waals surface area contributed by atoms with Crippen LogP contribution in [0, 0.1) is 13.8 Å². The molecule has 2 rings (SSSR count). The molecule has 1 N–H and O–H groups in total. The van der Waals surface area contributed by atoms with Crippen LogP contribution in [-0.2, 0) is 0 Å². The van der Waals surface area contributed by atoms with E-state index in [1.54, 1.807) is 0 Å². The molecule has 82 valence electrons. The lowest BCUT2D eigenvalue weighted by molar-refractivity contribution is 0.467. The molecule has 0 amide bonds. The van der Waals surface area contributed by atoms with E-state index >= 15 is 0 Å². The first kappa shape index (κ1) is 11.2. The largest absolute Gasteiger partial charge is 0.507 e. The molecule has 0 unspecified atom stereocenters. The Balaban J connectivity index is 2.57. The first-order chi connectivity index (χ1) is 7.59. The third-order valence-electron chi connectivity index (χ3n) is 2.79. The van der Waals surface area contributed by atoms with E-state index in [2.05, 4.69) is 15.9 Å². The maximum absolute atomic E-state index is 9.89. The van der Waals surface area contributed by atoms with Crippen LogP contribution in [0.4, 0.5) is 0 Å². The highest BCUT2D eigenvalue weighted by Crippen LogP contribution is 2.32. The van der Waals surface area contributed by atoms with Gasteiger partial charge in [0.1, 0.15) is 5.75 Å². The quantitative estimate of drug-likeness (QED) is 0.817. The number of hydrogen-bond acceptors (Lipinski definition) is 1. The Hall–Kier alpha value is -1.28. The van der Waals surface area contributed by atoms with E-state index in [1.807, 2.05) is 50.2 Å². The van der Waals surface area contributed by atoms with Gasteiger partial charge in [-0.15, -0.1) is 0 Å². The molecule has 0 bridgehead atoms. The van der Waals surface area contributed by atoms with E-state index in [4.69, 9.17) is 0 Å². The maximum Gasteiger partial charge on any atom is 0.122 e. The Morgan fingerprint density at radius 2 is 1.56 bits per heavy atom. The summed E-state index contributed by atoms with van der Waals surface area (Å²) in [5.41, 5.74) is 4.05. The molecule has 1 nitrogen and oxygen atoms in total. The number of aryl methyl sites for hydroxylation is 1. The van der Waals surface area contributed by atoms with Gasteiger partial charge in [-0.1, -0.05) is 40.2 Å². The summed E-state index contributed by atoms with van der Waals surface area (Å²) in [5.74, 6) is 0.389. The fraction of sp³-hybridized carbons (Fsp3) is 0.143. The monoisotopic (exact) mass is 276 g/mol. The Bertz CT molecular complexity index is 515. The van der Waals surface area contributed by atoms with Crippen molar-refractivity contribution in [1.82, 2.24) is 0 Å². The zero-order chi connectivity index (χ0) is 11.7. The Labute approximate surface area is 104 Å². The standard InChI is InChI=1S/C14H13BrO/c1-9-3-8-13(10(2)14(9)16)11-4-6-12(15)7-5-11/h3-8,16H,1-2H3. The van der Waals surface area contributed by atoms with Gasteiger partial charge in [0.25, 0.3) is 0 Å². The second kappa shape index (κ2) is 4.30. The smallest absolute Gasteiger partial charge is 0.122 e. The van der Waals surface area contributed by atoms with Crippen LogP contribution in [0.25, 0.3) is 11.1 Å². The summed E-state index contributed by atoms with van der Waals surface area (Å²) in [7, 11) is 0. The summed E-state index contributed by atoms with van der Waals surface area (Å²) in [6.45, 7) is 3.85. The fourth-order valence-corrected chi connectivity index (χ4v) is 2.04. The highest BCUT2D eigenvalue weighted by atomic mass is 79.9. The molecule has 0 radical (unpaired) electrons. The van der Waals surface area contributed by atoms with Crippen molar-refractivity contribution < 1.29 is 5.11 Å². The lowest BCUT2D eigenvalue weighted by Gasteiger charge is -2.10. The van der Waals surface area contributed by atoms with Gasteiger partial charge in [0.2, 0.25) is 0 Å². The van der Waals surface area contributed by atoms with Crippen LogP contribution >= 0.6 is 15.9 Å². The maximum atomic E-state index is 9.89. The Morgan fingerprint density at radius 1 is 0.938 bits per heavy atom. The first-order valence-electron chi connectivity index (χ1n) is 5.14. The van der Waals surface area contributed by atoms with Crippen molar-refractivity contribution in [2.45, 2.75) is 13.8 Å². The number of phenols is 1. The van der Waals surface area contributed by atoms with Crippen LogP contribution in [0.3, 0.4) is 0 Å². The van der Waals surface area contributed by atoms with Crippen LogP contribution in [-0.4, -0.2) is 5.11 Å². The average Bonchev–Trinajstić information content (AvgIpc) is 2.28. The average molecular weight is 277 g/mol. The number of aromatic hydroxyl groups is 1. The highest BCUT2D eigenvalue weighted by molar-refractivity contribution is 9.10. The predicted molar refractivity (Wildman–Crippen MR) is 70.7 cm³/mol. The summed E-state index contributed by atoms with van der Waals surface area (Å²) in [4.78, 5) is 0. The van der Waals surface area contributed by atoms with Crippen LogP contribution < -0.4 is 0 Å². The third kappa shape index (κ3) is 1.98. The molecule has 2 aromatic rings. The predicted octanol–water partition coefficient (Wildman–Crippen LogP) is 4.44. The summed E-state index contributed by atoms with van der Waals surface area (Å²) in [5, 5.41) is 9.89. The van der Waals surface area contributed by atoms with Gasteiger partial charge in [0, 0.05) is 4.47 Å². The van der Waals surface area contributed by atoms with E-state index in [9.17, 15) is 5.11 Å². The van der Waals surface area contributed by atoms with Gasteiger partial charge in [-0.05, 0) is 48.2 Å². The molecule has 0 aliphatic heterocycles. The number of phenolic OH excluding ortho intramolecular Hbond substituents is 1. The van der Waals surface area contributed by atoms with Crippen molar-refractivity contribution in [3.8, 4) is 16.9 Å². The topological polar surface area (TPSA) is 20.2 Å². The van der Waals surface area contributed by atoms with Crippen molar-refractivity contribution in [2.24, 2.45) is 0 Å². The molecular formula is C14H13BrO. The number of halogens is 1. The Kier molecular flexibility index (Phi) is 3.01. The fourth-order valence-electron chi connectivity index (χ4n) is 1.78. The lowest BCUT2D eigenvalue weighted by atomic mass is 9.98. The second-order valence-electron chi connectivity index (χ2n) is 3.91. The molecule has 0 spiro atoms. The molecular weight excluding hydrogens is 264 g/mol. The molecule has 0 atom stereocenters. The summed E-state index contributed by atoms with van der Waals surface area (Å²) >= 11 is 3.41. The van der Waals surface area contributed by atoms with Gasteiger partial charge in [-0.25, -0.2) is 0 Å². The van der Waals surface area contributed by atoms with Gasteiger partial charge < -0.3 is 5.11 Å². The highest BCUT2D eigenvalue weighted by Gasteiger charge is 2.07. The van der Waals surface area contributed by atoms with Crippen molar-refractivity contribution in [3.63, 3.8) is 0 Å². The van der Waals surface area contributed by atoms with Gasteiger partial charge >= 0.3 is 0 Å². The summed E-state index contributed by atoms with van der Waals surface area (Å²) < 4.78 is 1.06. The first-order valence-corrected chi connectivity index (χ1v) is 5.94. The molecule has 0 aliphatic rings. The summed E-state index contributed by atoms with van der Waals surface area (Å²) in [6, 6.07) is 12.1. The van der Waals surface area contributed by atoms with Crippen molar-refractivity contribution >= 4 is 15.9 Å². The lowest BCUT2D eigenvalue weighted by Crippen LogP contribution is -1.86. The molecule has 0 fully saturated rings. The van der Waals surface area contributed by atoms with E-state index < -0.39 is 0 Å². The molecule has 16 heavy (non-hydrogen) atoms. The molecule has 2 heteroatoms. The van der Waals surface area contributed by atoms with Crippen LogP contribution in [0.5, 0.6) is 5.75 Å². The SMILES string of the molecule is Cc1ccc(-c2ccc(Br)cc2)c(C)c1O. The van der Waals surface area contributed by atoms with Crippen molar-refractivity contribution in [2.75, 3.05) is 0 Å². The van der Waals surface area contributed by atoms with Crippen LogP contribution in [0.15, 0.2) is 40.9 Å². The summed E-state index contributed by atoms with van der Waals surface area (Å²) in [6.07, 6.45) is 0. The van der Waals surface area contributed by atoms with E-state index in [0.717, 1.165) is 26.7 Å². The van der Waals surface area contributed by atoms with Crippen LogP contribution in [0.2, 0.25) is 0 Å². The van der Waals surface area contributed by atoms with Gasteiger partial charge in [0.15, 0.2) is 0 Å². The minimum absolute atomic E-state index is 0.389. The molecule has 0 aliphatic carbocycles. The number of hydrogen-bond donors (Lipinski definition) is 1. The third-order valence-corrected chi connectivity index (χ3v) is 3.32. The Morgan fingerprint density at radius 3 is 2.19 bits per heavy atom. The minimum Gasteiger partial charge on any atom is -0.507 e. The molecule has 0 saturated heterocycles. The van der Waals surface area contributed by atoms with Gasteiger partial charge in [-0.3, -0.25) is 0 Å². The normalized spacial score (nSPS) is 10.4. The zero-order valence-corrected chi connectivity index (χ0v) is 10.9. The number of benzene rings is 2. The van der Waals surface area contributed by atoms with Gasteiger partial charge in [0.05, 0.1) is 0 Å². The number of rotatable bonds is 1. The molecule has 0 heterocycles. The molecule has 0 saturated carbocycles. The van der Waals surface area contributed by atoms with Crippen molar-refractivity contribution in [1.29, 1.82) is 0 Å².